The smallest absolute Gasteiger partial charge is 0.336 e. The topological polar surface area (TPSA) is 80.4 Å². The molecule has 0 atom stereocenters. The first kappa shape index (κ1) is 12.8. The van der Waals surface area contributed by atoms with Crippen molar-refractivity contribution in [1.82, 2.24) is 0 Å². The van der Waals surface area contributed by atoms with E-state index in [2.05, 4.69) is 0 Å². The minimum Gasteiger partial charge on any atom is -0.478 e. The minimum absolute atomic E-state index is 0.0642. The molecule has 0 bridgehead atoms. The van der Waals surface area contributed by atoms with Crippen molar-refractivity contribution in [2.75, 3.05) is 0 Å². The Morgan fingerprint density at radius 3 is 2.47 bits per heavy atom. The monoisotopic (exact) mass is 257 g/mol. The third kappa shape index (κ3) is 2.30. The number of carboxylic acids is 1. The lowest BCUT2D eigenvalue weighted by atomic mass is 9.94. The van der Waals surface area contributed by atoms with Crippen molar-refractivity contribution in [3.63, 3.8) is 0 Å². The predicted octanol–water partition coefficient (Wildman–Crippen LogP) is 3.27. The van der Waals surface area contributed by atoms with Gasteiger partial charge in [0.25, 0.3) is 5.69 Å². The molecule has 2 aromatic carbocycles. The molecule has 0 saturated heterocycles. The quantitative estimate of drug-likeness (QED) is 0.675. The van der Waals surface area contributed by atoms with E-state index in [4.69, 9.17) is 0 Å². The lowest BCUT2D eigenvalue weighted by molar-refractivity contribution is -0.384. The fourth-order valence-corrected chi connectivity index (χ4v) is 2.05. The van der Waals surface area contributed by atoms with Gasteiger partial charge in [-0.05, 0) is 24.6 Å². The third-order valence-corrected chi connectivity index (χ3v) is 2.87. The van der Waals surface area contributed by atoms with E-state index < -0.39 is 10.9 Å². The van der Waals surface area contributed by atoms with E-state index in [-0.39, 0.29) is 11.3 Å². The van der Waals surface area contributed by atoms with E-state index in [1.54, 1.807) is 37.3 Å². The van der Waals surface area contributed by atoms with Crippen molar-refractivity contribution in [2.45, 2.75) is 6.92 Å². The molecule has 0 fully saturated rings. The third-order valence-electron chi connectivity index (χ3n) is 2.87. The normalized spacial score (nSPS) is 10.2. The van der Waals surface area contributed by atoms with Gasteiger partial charge in [0.2, 0.25) is 0 Å². The highest BCUT2D eigenvalue weighted by atomic mass is 16.6. The molecule has 0 heterocycles. The van der Waals surface area contributed by atoms with E-state index in [0.29, 0.717) is 16.7 Å². The summed E-state index contributed by atoms with van der Waals surface area (Å²) in [5.74, 6) is -1.10. The number of para-hydroxylation sites is 1. The van der Waals surface area contributed by atoms with Gasteiger partial charge in [-0.25, -0.2) is 4.79 Å². The Hall–Kier alpha value is -2.69. The summed E-state index contributed by atoms with van der Waals surface area (Å²) in [7, 11) is 0. The number of nitro groups is 1. The minimum atomic E-state index is -1.10. The number of benzene rings is 2. The van der Waals surface area contributed by atoms with Gasteiger partial charge < -0.3 is 5.11 Å². The Morgan fingerprint density at radius 1 is 1.16 bits per heavy atom. The first-order valence-corrected chi connectivity index (χ1v) is 5.59. The van der Waals surface area contributed by atoms with Gasteiger partial charge in [-0.2, -0.15) is 0 Å². The van der Waals surface area contributed by atoms with Gasteiger partial charge >= 0.3 is 5.97 Å². The molecule has 96 valence electrons. The van der Waals surface area contributed by atoms with E-state index in [1.165, 1.54) is 12.1 Å². The fourth-order valence-electron chi connectivity index (χ4n) is 2.05. The van der Waals surface area contributed by atoms with Crippen molar-refractivity contribution in [1.29, 1.82) is 0 Å². The fraction of sp³-hybridized carbons (Fsp3) is 0.0714. The molecule has 0 aliphatic rings. The summed E-state index contributed by atoms with van der Waals surface area (Å²) in [6.07, 6.45) is 0. The molecule has 0 aromatic heterocycles. The molecular formula is C14H11NO4. The maximum Gasteiger partial charge on any atom is 0.336 e. The molecule has 5 nitrogen and oxygen atoms in total. The van der Waals surface area contributed by atoms with Crippen LogP contribution in [0.1, 0.15) is 15.9 Å². The standard InChI is InChI=1S/C14H11NO4/c1-9-5-4-7-11(14(16)17)13(9)10-6-2-3-8-12(10)15(18)19/h2-8H,1H3,(H,16,17). The van der Waals surface area contributed by atoms with Gasteiger partial charge in [0.1, 0.15) is 0 Å². The number of aryl methyl sites for hydroxylation is 1. The highest BCUT2D eigenvalue weighted by Crippen LogP contribution is 2.34. The zero-order valence-corrected chi connectivity index (χ0v) is 10.2. The van der Waals surface area contributed by atoms with Crippen LogP contribution in [0.15, 0.2) is 42.5 Å². The van der Waals surface area contributed by atoms with E-state index in [0.717, 1.165) is 0 Å². The SMILES string of the molecule is Cc1cccc(C(=O)O)c1-c1ccccc1[N+](=O)[O-]. The molecule has 0 saturated carbocycles. The van der Waals surface area contributed by atoms with Crippen molar-refractivity contribution < 1.29 is 14.8 Å². The summed E-state index contributed by atoms with van der Waals surface area (Å²) in [6.45, 7) is 1.73. The van der Waals surface area contributed by atoms with E-state index >= 15 is 0 Å². The molecule has 5 heteroatoms. The number of rotatable bonds is 3. The van der Waals surface area contributed by atoms with Crippen LogP contribution in [0.3, 0.4) is 0 Å². The zero-order valence-electron chi connectivity index (χ0n) is 10.2. The van der Waals surface area contributed by atoms with Gasteiger partial charge in [0.05, 0.1) is 16.1 Å². The average Bonchev–Trinajstić information content (AvgIpc) is 2.38. The summed E-state index contributed by atoms with van der Waals surface area (Å²) >= 11 is 0. The van der Waals surface area contributed by atoms with E-state index in [9.17, 15) is 20.0 Å². The van der Waals surface area contributed by atoms with Crippen LogP contribution in [0.5, 0.6) is 0 Å². The Bertz CT molecular complexity index is 664. The van der Waals surface area contributed by atoms with E-state index in [1.807, 2.05) is 0 Å². The molecule has 0 radical (unpaired) electrons. The summed E-state index contributed by atoms with van der Waals surface area (Å²) in [5, 5.41) is 20.3. The molecule has 19 heavy (non-hydrogen) atoms. The lowest BCUT2D eigenvalue weighted by Crippen LogP contribution is -2.02. The van der Waals surface area contributed by atoms with Gasteiger partial charge in [-0.3, -0.25) is 10.1 Å². The van der Waals surface area contributed by atoms with Gasteiger partial charge in [0.15, 0.2) is 0 Å². The molecule has 0 aliphatic heterocycles. The van der Waals surface area contributed by atoms with Crippen molar-refractivity contribution in [3.8, 4) is 11.1 Å². The molecule has 0 spiro atoms. The van der Waals surface area contributed by atoms with Gasteiger partial charge in [-0.1, -0.05) is 24.3 Å². The zero-order chi connectivity index (χ0) is 14.0. The maximum absolute atomic E-state index is 11.3. The average molecular weight is 257 g/mol. The first-order valence-electron chi connectivity index (χ1n) is 5.59. The van der Waals surface area contributed by atoms with Crippen LogP contribution in [0.2, 0.25) is 0 Å². The number of aromatic carboxylic acids is 1. The Balaban J connectivity index is 2.79. The van der Waals surface area contributed by atoms with Crippen LogP contribution < -0.4 is 0 Å². The Labute approximate surface area is 109 Å². The number of hydrogen-bond donors (Lipinski definition) is 1. The van der Waals surface area contributed by atoms with Gasteiger partial charge in [0, 0.05) is 11.6 Å². The summed E-state index contributed by atoms with van der Waals surface area (Å²) in [5.41, 5.74) is 1.37. The van der Waals surface area contributed by atoms with Crippen LogP contribution in [-0.2, 0) is 0 Å². The summed E-state index contributed by atoms with van der Waals surface area (Å²) in [4.78, 5) is 21.8. The van der Waals surface area contributed by atoms with Crippen LogP contribution in [0.4, 0.5) is 5.69 Å². The van der Waals surface area contributed by atoms with Crippen LogP contribution in [0.25, 0.3) is 11.1 Å². The maximum atomic E-state index is 11.3. The van der Waals surface area contributed by atoms with Crippen LogP contribution in [0, 0.1) is 17.0 Å². The van der Waals surface area contributed by atoms with Crippen molar-refractivity contribution in [3.05, 3.63) is 63.7 Å². The summed E-state index contributed by atoms with van der Waals surface area (Å²) in [6, 6.07) is 10.9. The predicted molar refractivity (Wildman–Crippen MR) is 70.2 cm³/mol. The second-order valence-electron chi connectivity index (χ2n) is 4.08. The van der Waals surface area contributed by atoms with Crippen molar-refractivity contribution in [2.24, 2.45) is 0 Å². The number of nitro benzene ring substituents is 1. The molecule has 0 amide bonds. The molecule has 2 aromatic rings. The van der Waals surface area contributed by atoms with Crippen LogP contribution >= 0.6 is 0 Å². The number of hydrogen-bond acceptors (Lipinski definition) is 3. The Morgan fingerprint density at radius 2 is 1.84 bits per heavy atom. The second kappa shape index (κ2) is 4.89. The highest BCUT2D eigenvalue weighted by Gasteiger charge is 2.21. The number of carboxylic acid groups (broad SMARTS) is 1. The molecule has 0 aliphatic carbocycles. The number of carbonyl (C=O) groups is 1. The molecule has 2 rings (SSSR count). The second-order valence-corrected chi connectivity index (χ2v) is 4.08. The highest BCUT2D eigenvalue weighted by molar-refractivity contribution is 5.98. The number of nitrogens with zero attached hydrogens (tertiary/aromatic N) is 1. The Kier molecular flexibility index (Phi) is 3.29. The van der Waals surface area contributed by atoms with Gasteiger partial charge in [-0.15, -0.1) is 0 Å². The van der Waals surface area contributed by atoms with Crippen molar-refractivity contribution >= 4 is 11.7 Å². The molecular weight excluding hydrogens is 246 g/mol. The molecule has 0 unspecified atom stereocenters. The first-order chi connectivity index (χ1) is 9.02. The molecule has 1 N–H and O–H groups in total. The largest absolute Gasteiger partial charge is 0.478 e. The van der Waals surface area contributed by atoms with Crippen LogP contribution in [-0.4, -0.2) is 16.0 Å². The lowest BCUT2D eigenvalue weighted by Gasteiger charge is -2.10. The summed E-state index contributed by atoms with van der Waals surface area (Å²) < 4.78 is 0.